The van der Waals surface area contributed by atoms with E-state index in [0.717, 1.165) is 39.0 Å². The number of hydrogen-bond donors (Lipinski definition) is 1. The Labute approximate surface area is 212 Å². The molecule has 7 nitrogen and oxygen atoms in total. The number of carbonyl (C=O) groups excluding carboxylic acids is 1. The van der Waals surface area contributed by atoms with Gasteiger partial charge in [0, 0.05) is 38.2 Å². The van der Waals surface area contributed by atoms with Gasteiger partial charge in [-0.3, -0.25) is 9.69 Å². The van der Waals surface area contributed by atoms with Gasteiger partial charge in [-0.15, -0.1) is 0 Å². The summed E-state index contributed by atoms with van der Waals surface area (Å²) in [6.45, 7) is 0.638. The van der Waals surface area contributed by atoms with Crippen LogP contribution in [0, 0.1) is 5.92 Å². The molecule has 2 N–H and O–H groups in total. The number of benzene rings is 1. The van der Waals surface area contributed by atoms with Crippen molar-refractivity contribution in [1.29, 1.82) is 0 Å². The van der Waals surface area contributed by atoms with E-state index in [9.17, 15) is 13.6 Å². The van der Waals surface area contributed by atoms with Crippen molar-refractivity contribution in [1.82, 2.24) is 10.2 Å². The number of piperazine rings is 1. The molecule has 1 aliphatic carbocycles. The van der Waals surface area contributed by atoms with E-state index < -0.39 is 18.7 Å². The Morgan fingerprint density at radius 2 is 1.86 bits per heavy atom. The summed E-state index contributed by atoms with van der Waals surface area (Å²) in [6, 6.07) is 4.57. The molecule has 1 aromatic carbocycles. The van der Waals surface area contributed by atoms with Crippen LogP contribution >= 0.6 is 23.2 Å². The van der Waals surface area contributed by atoms with Crippen LogP contribution in [-0.4, -0.2) is 56.8 Å². The smallest absolute Gasteiger partial charge is 0.387 e. The van der Waals surface area contributed by atoms with Gasteiger partial charge in [-0.2, -0.15) is 8.78 Å². The molecule has 2 fully saturated rings. The standard InChI is InChI=1S/C24H27Cl2F2N3O4/c25-18-11-30-12-19(26)17(18)10-21(34-23(32)13-31-7-5-29-6-8-31)16-3-4-20(35-24(27)28)22(9-16)33-14-15-1-2-15/h3-4,9,11-12,15,21,24,29H,1-2,5-8,10,13-14H2/p+1/t21-/m0/s1. The molecule has 0 bridgehead atoms. The van der Waals surface area contributed by atoms with Gasteiger partial charge in [0.05, 0.1) is 13.2 Å². The summed E-state index contributed by atoms with van der Waals surface area (Å²) in [7, 11) is 0. The third kappa shape index (κ3) is 7.64. The first-order valence-electron chi connectivity index (χ1n) is 11.6. The average Bonchev–Trinajstić information content (AvgIpc) is 3.65. The summed E-state index contributed by atoms with van der Waals surface area (Å²) in [5, 5.41) is 4.03. The SMILES string of the molecule is O=C(CN1CCNCC1)O[C@@H](Cc1c(Cl)c[nH+]cc1Cl)c1ccc(OC(F)F)c(OCC2CC2)c1. The molecule has 2 aromatic rings. The minimum Gasteiger partial charge on any atom is -0.489 e. The number of H-pyrrole nitrogens is 1. The van der Waals surface area contributed by atoms with Gasteiger partial charge in [0.1, 0.15) is 16.1 Å². The Kier molecular flexibility index (Phi) is 8.99. The summed E-state index contributed by atoms with van der Waals surface area (Å²) in [5.41, 5.74) is 1.16. The monoisotopic (exact) mass is 530 g/mol. The van der Waals surface area contributed by atoms with Crippen molar-refractivity contribution in [3.8, 4) is 11.5 Å². The molecule has 0 spiro atoms. The van der Waals surface area contributed by atoms with Gasteiger partial charge < -0.3 is 19.5 Å². The maximum atomic E-state index is 13.0. The van der Waals surface area contributed by atoms with Crippen LogP contribution in [-0.2, 0) is 16.0 Å². The van der Waals surface area contributed by atoms with Crippen molar-refractivity contribution in [3.63, 3.8) is 0 Å². The molecular weight excluding hydrogens is 503 g/mol. The van der Waals surface area contributed by atoms with Crippen LogP contribution in [0.4, 0.5) is 8.78 Å². The molecule has 0 amide bonds. The molecule has 0 radical (unpaired) electrons. The lowest BCUT2D eigenvalue weighted by molar-refractivity contribution is -0.377. The van der Waals surface area contributed by atoms with Crippen molar-refractivity contribution >= 4 is 29.2 Å². The molecule has 190 valence electrons. The van der Waals surface area contributed by atoms with Crippen molar-refractivity contribution in [2.75, 3.05) is 39.3 Å². The molecule has 11 heteroatoms. The number of rotatable bonds is 11. The molecule has 0 unspecified atom stereocenters. The minimum atomic E-state index is -2.99. The fourth-order valence-electron chi connectivity index (χ4n) is 3.86. The Morgan fingerprint density at radius 1 is 1.14 bits per heavy atom. The molecule has 1 aromatic heterocycles. The minimum absolute atomic E-state index is 0.0688. The summed E-state index contributed by atoms with van der Waals surface area (Å²) in [5.74, 6) is 0.112. The molecule has 1 saturated heterocycles. The maximum absolute atomic E-state index is 13.0. The number of aromatic nitrogens is 1. The van der Waals surface area contributed by atoms with Crippen LogP contribution < -0.4 is 19.8 Å². The summed E-state index contributed by atoms with van der Waals surface area (Å²) in [4.78, 5) is 17.7. The Morgan fingerprint density at radius 3 is 2.51 bits per heavy atom. The number of esters is 1. The van der Waals surface area contributed by atoms with Crippen LogP contribution in [0.25, 0.3) is 0 Å². The zero-order chi connectivity index (χ0) is 24.8. The van der Waals surface area contributed by atoms with Gasteiger partial charge in [0.15, 0.2) is 23.9 Å². The number of nitrogens with one attached hydrogen (secondary N) is 2. The normalized spacial score (nSPS) is 17.3. The van der Waals surface area contributed by atoms with Crippen LogP contribution in [0.2, 0.25) is 10.0 Å². The number of carbonyl (C=O) groups is 1. The zero-order valence-corrected chi connectivity index (χ0v) is 20.6. The first-order chi connectivity index (χ1) is 16.9. The van der Waals surface area contributed by atoms with Crippen LogP contribution in [0.5, 0.6) is 11.5 Å². The fraction of sp³-hybridized carbons (Fsp3) is 0.500. The van der Waals surface area contributed by atoms with Gasteiger partial charge in [-0.25, -0.2) is 4.98 Å². The van der Waals surface area contributed by atoms with E-state index in [4.69, 9.17) is 32.7 Å². The zero-order valence-electron chi connectivity index (χ0n) is 19.1. The lowest BCUT2D eigenvalue weighted by atomic mass is 10.0. The van der Waals surface area contributed by atoms with Gasteiger partial charge in [0.2, 0.25) is 0 Å². The van der Waals surface area contributed by atoms with Crippen molar-refractivity contribution in [2.45, 2.75) is 32.0 Å². The number of hydrogen-bond acceptors (Lipinski definition) is 6. The highest BCUT2D eigenvalue weighted by Gasteiger charge is 2.26. The quantitative estimate of drug-likeness (QED) is 0.443. The number of pyridine rings is 1. The summed E-state index contributed by atoms with van der Waals surface area (Å²) >= 11 is 12.7. The van der Waals surface area contributed by atoms with Crippen molar-refractivity contribution in [3.05, 3.63) is 51.8 Å². The molecule has 1 atom stereocenters. The van der Waals surface area contributed by atoms with E-state index >= 15 is 0 Å². The van der Waals surface area contributed by atoms with Gasteiger partial charge in [-0.05, 0) is 36.5 Å². The molecule has 4 rings (SSSR count). The molecule has 1 saturated carbocycles. The predicted octanol–water partition coefficient (Wildman–Crippen LogP) is 3.93. The third-order valence-electron chi connectivity index (χ3n) is 5.95. The first-order valence-corrected chi connectivity index (χ1v) is 12.3. The summed E-state index contributed by atoms with van der Waals surface area (Å²) < 4.78 is 42.3. The van der Waals surface area contributed by atoms with Crippen molar-refractivity contribution < 1.29 is 32.8 Å². The molecule has 35 heavy (non-hydrogen) atoms. The van der Waals surface area contributed by atoms with Crippen LogP contribution in [0.1, 0.15) is 30.1 Å². The lowest BCUT2D eigenvalue weighted by Crippen LogP contribution is -2.45. The summed E-state index contributed by atoms with van der Waals surface area (Å²) in [6.07, 6.45) is 4.68. The van der Waals surface area contributed by atoms with E-state index in [1.54, 1.807) is 24.5 Å². The highest BCUT2D eigenvalue weighted by atomic mass is 35.5. The van der Waals surface area contributed by atoms with Gasteiger partial charge in [-0.1, -0.05) is 29.3 Å². The van der Waals surface area contributed by atoms with Gasteiger partial charge >= 0.3 is 12.6 Å². The third-order valence-corrected chi connectivity index (χ3v) is 6.62. The number of ether oxygens (including phenoxy) is 3. The lowest BCUT2D eigenvalue weighted by Gasteiger charge is -2.27. The second-order valence-corrected chi connectivity index (χ2v) is 9.49. The first kappa shape index (κ1) is 25.9. The Hall–Kier alpha value is -2.20. The molecule has 1 aliphatic heterocycles. The van der Waals surface area contributed by atoms with E-state index in [0.29, 0.717) is 33.7 Å². The Balaban J connectivity index is 1.59. The largest absolute Gasteiger partial charge is 0.489 e. The number of nitrogens with zero attached hydrogens (tertiary/aromatic N) is 1. The number of alkyl halides is 2. The van der Waals surface area contributed by atoms with Gasteiger partial charge in [0.25, 0.3) is 0 Å². The average molecular weight is 531 g/mol. The predicted molar refractivity (Wildman–Crippen MR) is 126 cm³/mol. The molecule has 2 aliphatic rings. The Bertz CT molecular complexity index is 1000. The van der Waals surface area contributed by atoms with Crippen LogP contribution in [0.15, 0.2) is 30.6 Å². The van der Waals surface area contributed by atoms with E-state index in [2.05, 4.69) is 15.0 Å². The second-order valence-electron chi connectivity index (χ2n) is 8.68. The van der Waals surface area contributed by atoms with E-state index in [-0.39, 0.29) is 24.5 Å². The molecule has 2 heterocycles. The van der Waals surface area contributed by atoms with E-state index in [1.165, 1.54) is 6.07 Å². The maximum Gasteiger partial charge on any atom is 0.387 e. The fourth-order valence-corrected chi connectivity index (χ4v) is 4.39. The highest BCUT2D eigenvalue weighted by molar-refractivity contribution is 6.35. The van der Waals surface area contributed by atoms with E-state index in [1.807, 2.05) is 4.90 Å². The topological polar surface area (TPSA) is 74.2 Å². The van der Waals surface area contributed by atoms with Crippen LogP contribution in [0.3, 0.4) is 0 Å². The van der Waals surface area contributed by atoms with Crippen molar-refractivity contribution in [2.24, 2.45) is 5.92 Å². The second kappa shape index (κ2) is 12.2. The number of aromatic amines is 1. The number of halogens is 4. The highest BCUT2D eigenvalue weighted by Crippen LogP contribution is 2.37. The molecular formula is C24H28Cl2F2N3O4+.